The fraction of sp³-hybridized carbons (Fsp3) is 0.415. The molecule has 2 aliphatic heterocycles. The standard InChI is InChI=1S/C82H91BN2/c1-49-40-72-74-73(41-49)85(69-47-64-63(42-50(69)2)76(6,7)38-39-77(64,8)9)71-48-66-65(79(12,13)60-26-20-21-27-61(60)80(66,14)15)46-68(71)83(74)67-35-29-51(43-70(67)84(72)53-31-34-58-56(45-53)54-24-18-19-25-57(54)78(58,10)11)28-33-59-55-32-30-52(75(3,4)5)44-62(55)82(17)37-23-22-36-81(59,82)16/h18-21,24-27,29-32,34-35,40-48,59H,22-23,28,33,36-39H2,1-17H3. The van der Waals surface area contributed by atoms with E-state index in [-0.39, 0.29) is 50.0 Å². The summed E-state index contributed by atoms with van der Waals surface area (Å²) < 4.78 is 0. The first kappa shape index (κ1) is 55.0. The largest absolute Gasteiger partial charge is 0.311 e. The highest BCUT2D eigenvalue weighted by Gasteiger charge is 2.58. The molecule has 2 heterocycles. The number of nitrogens with zero attached hydrogens (tertiary/aromatic N) is 2. The average Bonchev–Trinajstić information content (AvgIpc) is 1.45. The number of rotatable bonds is 5. The lowest BCUT2D eigenvalue weighted by Gasteiger charge is -2.49. The summed E-state index contributed by atoms with van der Waals surface area (Å²) in [6.07, 6.45) is 9.77. The van der Waals surface area contributed by atoms with E-state index in [1.807, 2.05) is 0 Å². The molecule has 0 saturated heterocycles. The van der Waals surface area contributed by atoms with Crippen molar-refractivity contribution in [1.82, 2.24) is 0 Å². The monoisotopic (exact) mass is 1110 g/mol. The number of benzene rings is 8. The maximum absolute atomic E-state index is 2.76. The van der Waals surface area contributed by atoms with Crippen LogP contribution in [0, 0.1) is 19.3 Å². The predicted octanol–water partition coefficient (Wildman–Crippen LogP) is 19.9. The van der Waals surface area contributed by atoms with Gasteiger partial charge in [-0.05, 0) is 233 Å². The van der Waals surface area contributed by atoms with Crippen molar-refractivity contribution in [2.45, 2.75) is 213 Å². The van der Waals surface area contributed by atoms with Gasteiger partial charge in [0.15, 0.2) is 0 Å². The van der Waals surface area contributed by atoms with Gasteiger partial charge in [0.05, 0.1) is 0 Å². The molecule has 0 aromatic heterocycles. The van der Waals surface area contributed by atoms with Crippen LogP contribution in [-0.2, 0) is 44.3 Å². The van der Waals surface area contributed by atoms with E-state index in [4.69, 9.17) is 0 Å². The molecule has 3 heteroatoms. The minimum Gasteiger partial charge on any atom is -0.311 e. The van der Waals surface area contributed by atoms with Gasteiger partial charge in [-0.25, -0.2) is 0 Å². The van der Waals surface area contributed by atoms with E-state index in [1.54, 1.807) is 11.1 Å². The molecule has 2 nitrogen and oxygen atoms in total. The molecule has 8 aromatic rings. The van der Waals surface area contributed by atoms with Crippen molar-refractivity contribution < 1.29 is 0 Å². The summed E-state index contributed by atoms with van der Waals surface area (Å²) in [5, 5.41) is 0. The second-order valence-electron chi connectivity index (χ2n) is 32.4. The molecular weight excluding hydrogens is 1020 g/mol. The lowest BCUT2D eigenvalue weighted by molar-refractivity contribution is 0.0763. The smallest absolute Gasteiger partial charge is 0.252 e. The molecule has 8 aromatic carbocycles. The molecule has 3 unspecified atom stereocenters. The second kappa shape index (κ2) is 17.8. The van der Waals surface area contributed by atoms with Crippen LogP contribution in [0.25, 0.3) is 11.1 Å². The highest BCUT2D eigenvalue weighted by atomic mass is 15.2. The first-order valence-corrected chi connectivity index (χ1v) is 32.8. The van der Waals surface area contributed by atoms with Crippen LogP contribution < -0.4 is 26.2 Å². The Labute approximate surface area is 511 Å². The molecule has 1 fully saturated rings. The Balaban J connectivity index is 0.974. The summed E-state index contributed by atoms with van der Waals surface area (Å²) in [6.45, 7) is 42.0. The zero-order valence-corrected chi connectivity index (χ0v) is 54.5. The van der Waals surface area contributed by atoms with Crippen LogP contribution in [-0.4, -0.2) is 6.71 Å². The SMILES string of the molecule is Cc1cc2c3c(c1)N(c1cc4c(cc1C)C(C)(C)CCC4(C)C)c1cc4c(cc1B3c1ccc(CCC3c5ccc(C(C)(C)C)cc5C5(C)CCCCC35C)cc1N2c1ccc2c(c1)-c1ccccc1C2(C)C)C(C)(C)c1ccccc1C4(C)C. The summed E-state index contributed by atoms with van der Waals surface area (Å²) in [6, 6.07) is 57.3. The van der Waals surface area contributed by atoms with Gasteiger partial charge in [-0.3, -0.25) is 0 Å². The maximum atomic E-state index is 2.76. The van der Waals surface area contributed by atoms with Crippen LogP contribution in [0.1, 0.15) is 233 Å². The van der Waals surface area contributed by atoms with Gasteiger partial charge in [-0.1, -0.05) is 214 Å². The molecule has 432 valence electrons. The molecule has 0 radical (unpaired) electrons. The topological polar surface area (TPSA) is 6.48 Å². The van der Waals surface area contributed by atoms with Crippen molar-refractivity contribution in [1.29, 1.82) is 0 Å². The van der Waals surface area contributed by atoms with Crippen LogP contribution >= 0.6 is 0 Å². The molecule has 0 amide bonds. The first-order valence-electron chi connectivity index (χ1n) is 32.8. The Morgan fingerprint density at radius 3 is 1.74 bits per heavy atom. The van der Waals surface area contributed by atoms with Gasteiger partial charge < -0.3 is 9.80 Å². The van der Waals surface area contributed by atoms with Crippen LogP contribution in [0.5, 0.6) is 0 Å². The number of aryl methyl sites for hydroxylation is 3. The second-order valence-corrected chi connectivity index (χ2v) is 32.4. The Morgan fingerprint density at radius 2 is 1.05 bits per heavy atom. The fourth-order valence-electron chi connectivity index (χ4n) is 19.1. The summed E-state index contributed by atoms with van der Waals surface area (Å²) in [5.41, 5.74) is 35.3. The van der Waals surface area contributed by atoms with E-state index in [0.717, 1.165) is 12.8 Å². The summed E-state index contributed by atoms with van der Waals surface area (Å²) in [4.78, 5) is 5.49. The van der Waals surface area contributed by atoms with Gasteiger partial charge in [-0.2, -0.15) is 0 Å². The third kappa shape index (κ3) is 7.49. The fourth-order valence-corrected chi connectivity index (χ4v) is 19.1. The zero-order chi connectivity index (χ0) is 59.7. The molecule has 15 rings (SSSR count). The van der Waals surface area contributed by atoms with Gasteiger partial charge in [0, 0.05) is 50.4 Å². The number of anilines is 6. The van der Waals surface area contributed by atoms with Gasteiger partial charge >= 0.3 is 0 Å². The molecule has 0 N–H and O–H groups in total. The minimum atomic E-state index is -0.213. The number of hydrogen-bond donors (Lipinski definition) is 0. The van der Waals surface area contributed by atoms with E-state index in [2.05, 4.69) is 267 Å². The highest BCUT2D eigenvalue weighted by molar-refractivity contribution is 7.00. The van der Waals surface area contributed by atoms with Crippen LogP contribution in [0.2, 0.25) is 0 Å². The van der Waals surface area contributed by atoms with E-state index in [0.29, 0.717) is 5.92 Å². The van der Waals surface area contributed by atoms with Crippen LogP contribution in [0.4, 0.5) is 34.1 Å². The molecule has 7 aliphatic rings. The highest BCUT2D eigenvalue weighted by Crippen LogP contribution is 2.67. The third-order valence-electron chi connectivity index (χ3n) is 24.5. The number of hydrogen-bond acceptors (Lipinski definition) is 2. The molecule has 0 bridgehead atoms. The van der Waals surface area contributed by atoms with E-state index < -0.39 is 0 Å². The lowest BCUT2D eigenvalue weighted by atomic mass is 9.33. The molecule has 1 saturated carbocycles. The molecule has 85 heavy (non-hydrogen) atoms. The van der Waals surface area contributed by atoms with E-state index in [9.17, 15) is 0 Å². The van der Waals surface area contributed by atoms with Gasteiger partial charge in [-0.15, -0.1) is 0 Å². The van der Waals surface area contributed by atoms with Crippen LogP contribution in [0.3, 0.4) is 0 Å². The Morgan fingerprint density at radius 1 is 0.459 bits per heavy atom. The van der Waals surface area contributed by atoms with Crippen molar-refractivity contribution in [3.8, 4) is 11.1 Å². The molecule has 3 atom stereocenters. The average molecular weight is 1120 g/mol. The summed E-state index contributed by atoms with van der Waals surface area (Å²) in [5.74, 6) is 0.504. The quantitative estimate of drug-likeness (QED) is 0.159. The van der Waals surface area contributed by atoms with Crippen molar-refractivity contribution in [2.24, 2.45) is 5.41 Å². The Hall–Kier alpha value is -6.58. The number of fused-ring (bicyclic) bond motifs is 13. The minimum absolute atomic E-state index is 0.00139. The van der Waals surface area contributed by atoms with Gasteiger partial charge in [0.25, 0.3) is 6.71 Å². The van der Waals surface area contributed by atoms with Gasteiger partial charge in [0.2, 0.25) is 0 Å². The molecular formula is C82H91BN2. The Bertz CT molecular complexity index is 4190. The van der Waals surface area contributed by atoms with Crippen LogP contribution in [0.15, 0.2) is 140 Å². The zero-order valence-electron chi connectivity index (χ0n) is 54.5. The summed E-state index contributed by atoms with van der Waals surface area (Å²) >= 11 is 0. The van der Waals surface area contributed by atoms with Gasteiger partial charge in [0.1, 0.15) is 0 Å². The van der Waals surface area contributed by atoms with E-state index in [1.165, 1.54) is 167 Å². The predicted molar refractivity (Wildman–Crippen MR) is 364 cm³/mol. The van der Waals surface area contributed by atoms with Crippen molar-refractivity contribution >= 4 is 57.2 Å². The maximum Gasteiger partial charge on any atom is 0.252 e. The van der Waals surface area contributed by atoms with Crippen molar-refractivity contribution in [3.63, 3.8) is 0 Å². The van der Waals surface area contributed by atoms with E-state index >= 15 is 0 Å². The first-order chi connectivity index (χ1) is 40.1. The van der Waals surface area contributed by atoms with Crippen molar-refractivity contribution in [3.05, 3.63) is 217 Å². The third-order valence-corrected chi connectivity index (χ3v) is 24.5. The lowest BCUT2D eigenvalue weighted by Crippen LogP contribution is -2.62. The normalized spacial score (nSPS) is 23.3. The summed E-state index contributed by atoms with van der Waals surface area (Å²) in [7, 11) is 0. The Kier molecular flexibility index (Phi) is 11.5. The molecule has 5 aliphatic carbocycles. The van der Waals surface area contributed by atoms with Crippen molar-refractivity contribution in [2.75, 3.05) is 9.80 Å². The molecule has 0 spiro atoms.